The van der Waals surface area contributed by atoms with Crippen molar-refractivity contribution in [1.29, 1.82) is 0 Å². The summed E-state index contributed by atoms with van der Waals surface area (Å²) in [6, 6.07) is 14.1. The summed E-state index contributed by atoms with van der Waals surface area (Å²) in [7, 11) is 0. The number of carbonyl (C=O) groups excluding carboxylic acids is 2. The van der Waals surface area contributed by atoms with Crippen LogP contribution in [0.5, 0.6) is 11.5 Å². The predicted octanol–water partition coefficient (Wildman–Crippen LogP) is 6.63. The van der Waals surface area contributed by atoms with Gasteiger partial charge in [0, 0.05) is 28.3 Å². The topological polar surface area (TPSA) is 115 Å². The van der Waals surface area contributed by atoms with Crippen molar-refractivity contribution >= 4 is 41.0 Å². The molecule has 4 aromatic rings. The molecule has 1 N–H and O–H groups in total. The molecule has 1 amide bonds. The highest BCUT2D eigenvalue weighted by Crippen LogP contribution is 2.41. The summed E-state index contributed by atoms with van der Waals surface area (Å²) in [6.45, 7) is 0.731. The van der Waals surface area contributed by atoms with Gasteiger partial charge < -0.3 is 24.1 Å². The summed E-state index contributed by atoms with van der Waals surface area (Å²) in [5, 5.41) is 23.0. The molecule has 4 heterocycles. The average molecular weight is 775 g/mol. The second-order valence-electron chi connectivity index (χ2n) is 12.9. The lowest BCUT2D eigenvalue weighted by Crippen LogP contribution is -2.53. The monoisotopic (exact) mass is 773 g/mol. The first-order valence-corrected chi connectivity index (χ1v) is 17.8. The Morgan fingerprint density at radius 2 is 1.75 bits per heavy atom. The molecule has 7 rings (SSSR count). The number of aromatic carboxylic acids is 1. The number of carboxylic acid groups (broad SMARTS) is 1. The number of amides is 1. The van der Waals surface area contributed by atoms with E-state index in [4.69, 9.17) is 32.7 Å². The average Bonchev–Trinajstić information content (AvgIpc) is 3.11. The van der Waals surface area contributed by atoms with Crippen LogP contribution >= 0.6 is 23.2 Å². The van der Waals surface area contributed by atoms with Crippen molar-refractivity contribution < 1.29 is 52.0 Å². The number of benzene rings is 3. The van der Waals surface area contributed by atoms with Crippen molar-refractivity contribution in [2.24, 2.45) is 5.92 Å². The lowest BCUT2D eigenvalue weighted by Gasteiger charge is -2.44. The van der Waals surface area contributed by atoms with Crippen LogP contribution in [-0.4, -0.2) is 61.1 Å². The van der Waals surface area contributed by atoms with Crippen molar-refractivity contribution in [1.82, 2.24) is 4.90 Å². The van der Waals surface area contributed by atoms with E-state index in [-0.39, 0.29) is 70.0 Å². The van der Waals surface area contributed by atoms with Crippen LogP contribution in [-0.2, 0) is 17.7 Å². The van der Waals surface area contributed by atoms with E-state index in [1.165, 1.54) is 65.8 Å². The van der Waals surface area contributed by atoms with Gasteiger partial charge >= 0.3 is 12.7 Å². The molecule has 3 aromatic carbocycles. The normalized spacial score (nSPS) is 18.4. The number of carbonyl (C=O) groups is 2. The highest BCUT2D eigenvalue weighted by molar-refractivity contribution is 6.35. The van der Waals surface area contributed by atoms with Crippen LogP contribution < -0.4 is 24.2 Å². The third-order valence-corrected chi connectivity index (χ3v) is 10.3. The standard InChI is InChI=1S/C38H36Cl2F3N3O7/c1-2-51-33-15-23(9-10-32(33)52-37(42)43)28(17-29-30(39)19-45(50)20-31(29)40)35-24(5-3-8-27(35)36(47)48)18-46(26-7-4-6-25(41)16-26)38(49)53-34-21-44-13-11-22(34)12-14-44/h3-10,15-16,19-20,22,28,34,37H,2,11-14,17-18,21H2,1H3,(H-,47,48,50)/t28-,34-/m0/s1. The molecule has 3 aliphatic rings. The Labute approximate surface area is 313 Å². The minimum absolute atomic E-state index is 0.0382. The fourth-order valence-electron chi connectivity index (χ4n) is 7.18. The van der Waals surface area contributed by atoms with Crippen molar-refractivity contribution in [3.63, 3.8) is 0 Å². The van der Waals surface area contributed by atoms with E-state index in [9.17, 15) is 33.1 Å². The van der Waals surface area contributed by atoms with Gasteiger partial charge in [0.1, 0.15) is 22.0 Å². The minimum Gasteiger partial charge on any atom is -0.545 e. The molecule has 10 nitrogen and oxygen atoms in total. The Bertz CT molecular complexity index is 1960. The summed E-state index contributed by atoms with van der Waals surface area (Å²) in [5.74, 6) is -3.22. The maximum absolute atomic E-state index is 14.7. The number of alkyl halides is 2. The van der Waals surface area contributed by atoms with Crippen molar-refractivity contribution in [3.05, 3.63) is 117 Å². The van der Waals surface area contributed by atoms with Crippen LogP contribution in [0.25, 0.3) is 0 Å². The van der Waals surface area contributed by atoms with E-state index in [1.807, 2.05) is 0 Å². The van der Waals surface area contributed by atoms with Crippen LogP contribution in [0.3, 0.4) is 0 Å². The number of piperidine rings is 3. The smallest absolute Gasteiger partial charge is 0.414 e. The molecule has 0 saturated carbocycles. The number of pyridine rings is 1. The second kappa shape index (κ2) is 16.5. The highest BCUT2D eigenvalue weighted by atomic mass is 35.5. The number of aromatic nitrogens is 1. The number of hydrogen-bond acceptors (Lipinski definition) is 8. The largest absolute Gasteiger partial charge is 0.545 e. The van der Waals surface area contributed by atoms with Crippen LogP contribution in [0.15, 0.2) is 73.1 Å². The molecule has 0 spiro atoms. The molecule has 3 fully saturated rings. The number of nitrogens with zero attached hydrogens (tertiary/aromatic N) is 3. The molecule has 15 heteroatoms. The van der Waals surface area contributed by atoms with Gasteiger partial charge in [-0.25, -0.2) is 9.18 Å². The molecule has 3 saturated heterocycles. The number of ether oxygens (including phenoxy) is 3. The number of rotatable bonds is 13. The Morgan fingerprint density at radius 1 is 1.04 bits per heavy atom. The predicted molar refractivity (Wildman–Crippen MR) is 186 cm³/mol. The molecular weight excluding hydrogens is 738 g/mol. The molecule has 1 aromatic heterocycles. The van der Waals surface area contributed by atoms with E-state index in [2.05, 4.69) is 9.64 Å². The zero-order valence-corrected chi connectivity index (χ0v) is 30.0. The lowest BCUT2D eigenvalue weighted by atomic mass is 9.80. The van der Waals surface area contributed by atoms with Gasteiger partial charge in [0.15, 0.2) is 11.5 Å². The quantitative estimate of drug-likeness (QED) is 0.119. The van der Waals surface area contributed by atoms with Crippen LogP contribution in [0.2, 0.25) is 10.0 Å². The Balaban J connectivity index is 1.50. The number of hydrogen-bond donors (Lipinski definition) is 1. The van der Waals surface area contributed by atoms with Crippen molar-refractivity contribution in [2.45, 2.75) is 51.4 Å². The van der Waals surface area contributed by atoms with E-state index in [0.717, 1.165) is 25.9 Å². The van der Waals surface area contributed by atoms with E-state index in [0.29, 0.717) is 28.0 Å². The van der Waals surface area contributed by atoms with Crippen molar-refractivity contribution in [2.75, 3.05) is 31.1 Å². The number of carboxylic acids is 1. The zero-order chi connectivity index (χ0) is 37.8. The summed E-state index contributed by atoms with van der Waals surface area (Å²) in [6.07, 6.45) is 2.95. The fourth-order valence-corrected chi connectivity index (χ4v) is 7.79. The number of fused-ring (bicyclic) bond motifs is 3. The number of halogens is 5. The van der Waals surface area contributed by atoms with Gasteiger partial charge in [-0.15, -0.1) is 0 Å². The van der Waals surface area contributed by atoms with Gasteiger partial charge in [0.2, 0.25) is 12.4 Å². The molecule has 0 aliphatic carbocycles. The van der Waals surface area contributed by atoms with E-state index in [1.54, 1.807) is 19.1 Å². The summed E-state index contributed by atoms with van der Waals surface area (Å²) >= 11 is 13.1. The van der Waals surface area contributed by atoms with Gasteiger partial charge in [0.25, 0.3) is 0 Å². The summed E-state index contributed by atoms with van der Waals surface area (Å²) in [4.78, 5) is 30.5. The van der Waals surface area contributed by atoms with Gasteiger partial charge in [-0.05, 0) is 92.2 Å². The zero-order valence-electron chi connectivity index (χ0n) is 28.5. The third kappa shape index (κ3) is 8.75. The molecule has 53 heavy (non-hydrogen) atoms. The van der Waals surface area contributed by atoms with Gasteiger partial charge in [-0.3, -0.25) is 15.0 Å². The van der Waals surface area contributed by atoms with Crippen molar-refractivity contribution in [3.8, 4) is 11.5 Å². The van der Waals surface area contributed by atoms with E-state index < -0.39 is 30.4 Å². The van der Waals surface area contributed by atoms with Gasteiger partial charge in [-0.1, -0.05) is 53.5 Å². The van der Waals surface area contributed by atoms with Crippen LogP contribution in [0.1, 0.15) is 58.3 Å². The molecular formula is C38H36Cl2F3N3O7. The fraction of sp³-hybridized carbons (Fsp3) is 0.342. The number of anilines is 1. The minimum atomic E-state index is -3.15. The molecule has 0 radical (unpaired) electrons. The SMILES string of the molecule is CCOc1cc([C@H](Cc2c(Cl)c[n+](O)cc2Cl)c2c(CN(C(=O)O[C@H]3CN4CCC3CC4)c3cccc(F)c3)cccc2C(=O)[O-])ccc1OC(F)F. The first kappa shape index (κ1) is 38.0. The molecule has 3 aliphatic heterocycles. The Hall–Kier alpha value is -4.72. The van der Waals surface area contributed by atoms with Crippen LogP contribution in [0, 0.1) is 11.7 Å². The Morgan fingerprint density at radius 3 is 2.38 bits per heavy atom. The lowest BCUT2D eigenvalue weighted by molar-refractivity contribution is -0.904. The molecule has 2 bridgehead atoms. The third-order valence-electron chi connectivity index (χ3n) is 9.64. The molecule has 2 atom stereocenters. The van der Waals surface area contributed by atoms with Gasteiger partial charge in [-0.2, -0.15) is 8.78 Å². The first-order valence-electron chi connectivity index (χ1n) is 17.0. The first-order chi connectivity index (χ1) is 25.4. The van der Waals surface area contributed by atoms with E-state index >= 15 is 0 Å². The second-order valence-corrected chi connectivity index (χ2v) is 13.7. The molecule has 280 valence electrons. The maximum Gasteiger partial charge on any atom is 0.414 e. The molecule has 0 unspecified atom stereocenters. The Kier molecular flexibility index (Phi) is 11.9. The summed E-state index contributed by atoms with van der Waals surface area (Å²) in [5.41, 5.74) is 1.11. The van der Waals surface area contributed by atoms with Gasteiger partial charge in [0.05, 0.1) is 24.8 Å². The summed E-state index contributed by atoms with van der Waals surface area (Å²) < 4.78 is 58.5. The maximum atomic E-state index is 14.7. The highest BCUT2D eigenvalue weighted by Gasteiger charge is 2.38. The van der Waals surface area contributed by atoms with Crippen LogP contribution in [0.4, 0.5) is 23.7 Å².